The SMILES string of the molecule is CC(=O)OC(C)C=CC(=O)N[C@@H]1C[C@H](C)[C@H](C/C=C(C)/C=C/[C@@H]2C[C@]3(CO3)C[C@@H](CC(=O)NCc3ccccc3)O2)O[C@@H]1C. The maximum atomic E-state index is 12.6. The molecule has 3 saturated heterocycles. The van der Waals surface area contributed by atoms with E-state index in [1.165, 1.54) is 13.0 Å². The highest BCUT2D eigenvalue weighted by molar-refractivity contribution is 5.87. The lowest BCUT2D eigenvalue weighted by Gasteiger charge is -2.39. The van der Waals surface area contributed by atoms with Crippen molar-refractivity contribution in [1.82, 2.24) is 10.6 Å². The Morgan fingerprint density at radius 2 is 1.84 bits per heavy atom. The zero-order chi connectivity index (χ0) is 31.7. The van der Waals surface area contributed by atoms with Crippen molar-refractivity contribution in [2.45, 2.75) is 115 Å². The van der Waals surface area contributed by atoms with Crippen LogP contribution in [-0.4, -0.2) is 66.6 Å². The lowest BCUT2D eigenvalue weighted by Crippen LogP contribution is -2.50. The number of esters is 1. The second-order valence-corrected chi connectivity index (χ2v) is 12.6. The minimum absolute atomic E-state index is 0.0154. The van der Waals surface area contributed by atoms with E-state index in [4.69, 9.17) is 18.9 Å². The number of carbonyl (C=O) groups excluding carboxylic acids is 3. The Morgan fingerprint density at radius 3 is 2.55 bits per heavy atom. The van der Waals surface area contributed by atoms with Crippen LogP contribution < -0.4 is 10.6 Å². The molecule has 1 unspecified atom stereocenters. The molecule has 240 valence electrons. The number of carbonyl (C=O) groups is 3. The summed E-state index contributed by atoms with van der Waals surface area (Å²) in [6, 6.07) is 9.79. The van der Waals surface area contributed by atoms with Gasteiger partial charge in [-0.1, -0.05) is 61.1 Å². The van der Waals surface area contributed by atoms with Crippen LogP contribution in [0.1, 0.15) is 72.3 Å². The second kappa shape index (κ2) is 15.6. The van der Waals surface area contributed by atoms with Crippen LogP contribution in [0.25, 0.3) is 0 Å². The maximum Gasteiger partial charge on any atom is 0.303 e. The van der Waals surface area contributed by atoms with E-state index in [0.717, 1.165) is 43.4 Å². The van der Waals surface area contributed by atoms with Gasteiger partial charge in [-0.05, 0) is 51.2 Å². The van der Waals surface area contributed by atoms with E-state index in [-0.39, 0.29) is 59.8 Å². The standard InChI is InChI=1S/C35H48N2O7/c1-23(12-15-32-24(2)17-31(26(4)43-32)37-33(39)16-13-25(3)42-27(5)38)11-14-29-19-35(22-41-35)20-30(44-29)18-34(40)36-21-28-9-7-6-8-10-28/h6-14,16,24-26,29-32H,15,17-22H2,1-5H3,(H,36,40)(H,37,39)/b14-11+,16-13?,23-12+/t24-,25?,26+,29+,30+,31+,32-,35+/m0/s1. The van der Waals surface area contributed by atoms with Gasteiger partial charge in [-0.15, -0.1) is 0 Å². The van der Waals surface area contributed by atoms with Gasteiger partial charge in [0, 0.05) is 32.4 Å². The second-order valence-electron chi connectivity index (χ2n) is 12.6. The van der Waals surface area contributed by atoms with Gasteiger partial charge in [0.2, 0.25) is 11.8 Å². The topological polar surface area (TPSA) is 115 Å². The van der Waals surface area contributed by atoms with Crippen LogP contribution in [0.4, 0.5) is 0 Å². The highest BCUT2D eigenvalue weighted by Crippen LogP contribution is 2.43. The molecule has 0 aliphatic carbocycles. The fourth-order valence-corrected chi connectivity index (χ4v) is 5.95. The lowest BCUT2D eigenvalue weighted by molar-refractivity contribution is -0.143. The maximum absolute atomic E-state index is 12.6. The van der Waals surface area contributed by atoms with Crippen molar-refractivity contribution in [2.24, 2.45) is 5.92 Å². The Hall–Kier alpha value is -3.27. The number of nitrogens with one attached hydrogen (secondary N) is 2. The summed E-state index contributed by atoms with van der Waals surface area (Å²) in [5, 5.41) is 6.03. The molecule has 9 nitrogen and oxygen atoms in total. The van der Waals surface area contributed by atoms with Crippen molar-refractivity contribution >= 4 is 17.8 Å². The summed E-state index contributed by atoms with van der Waals surface area (Å²) in [6.07, 6.45) is 11.9. The summed E-state index contributed by atoms with van der Waals surface area (Å²) in [5.41, 5.74) is 2.02. The Labute approximate surface area is 261 Å². The van der Waals surface area contributed by atoms with Crippen LogP contribution >= 0.6 is 0 Å². The zero-order valence-corrected chi connectivity index (χ0v) is 26.6. The average Bonchev–Trinajstić information content (AvgIpc) is 3.72. The normalized spacial score (nSPS) is 31.2. The fourth-order valence-electron chi connectivity index (χ4n) is 5.95. The van der Waals surface area contributed by atoms with Crippen LogP contribution in [0.15, 0.2) is 66.3 Å². The molecule has 0 radical (unpaired) electrons. The van der Waals surface area contributed by atoms with Gasteiger partial charge in [0.15, 0.2) is 0 Å². The number of hydrogen-bond donors (Lipinski definition) is 2. The third kappa shape index (κ3) is 10.7. The molecule has 3 fully saturated rings. The molecule has 1 aromatic carbocycles. The fraction of sp³-hybridized carbons (Fsp3) is 0.571. The first-order valence-corrected chi connectivity index (χ1v) is 15.8. The Bertz CT molecular complexity index is 1220. The molecule has 1 aromatic rings. The first kappa shape index (κ1) is 33.6. The number of allylic oxidation sites excluding steroid dienone is 2. The molecule has 1 spiro atoms. The number of benzene rings is 1. The van der Waals surface area contributed by atoms with Gasteiger partial charge in [0.1, 0.15) is 6.10 Å². The molecule has 3 aliphatic rings. The van der Waals surface area contributed by atoms with E-state index >= 15 is 0 Å². The van der Waals surface area contributed by atoms with Crippen LogP contribution in [0.5, 0.6) is 0 Å². The van der Waals surface area contributed by atoms with Crippen LogP contribution in [-0.2, 0) is 39.9 Å². The van der Waals surface area contributed by atoms with Crippen LogP contribution in [0, 0.1) is 5.92 Å². The first-order valence-electron chi connectivity index (χ1n) is 15.8. The molecule has 4 rings (SSSR count). The average molecular weight is 609 g/mol. The number of hydrogen-bond acceptors (Lipinski definition) is 7. The highest BCUT2D eigenvalue weighted by Gasteiger charge is 2.51. The van der Waals surface area contributed by atoms with Crippen LogP contribution in [0.2, 0.25) is 0 Å². The van der Waals surface area contributed by atoms with E-state index < -0.39 is 6.10 Å². The van der Waals surface area contributed by atoms with Gasteiger partial charge in [0.25, 0.3) is 0 Å². The van der Waals surface area contributed by atoms with Gasteiger partial charge in [-0.25, -0.2) is 0 Å². The molecule has 3 heterocycles. The predicted molar refractivity (Wildman–Crippen MR) is 167 cm³/mol. The Balaban J connectivity index is 1.22. The minimum Gasteiger partial charge on any atom is -0.459 e. The van der Waals surface area contributed by atoms with Crippen molar-refractivity contribution < 1.29 is 33.3 Å². The Morgan fingerprint density at radius 1 is 1.09 bits per heavy atom. The molecule has 0 bridgehead atoms. The van der Waals surface area contributed by atoms with Crippen molar-refractivity contribution in [3.8, 4) is 0 Å². The lowest BCUT2D eigenvalue weighted by atomic mass is 9.88. The number of epoxide rings is 1. The van der Waals surface area contributed by atoms with Crippen molar-refractivity contribution in [2.75, 3.05) is 6.61 Å². The van der Waals surface area contributed by atoms with E-state index in [9.17, 15) is 14.4 Å². The molecule has 0 aromatic heterocycles. The van der Waals surface area contributed by atoms with Crippen molar-refractivity contribution in [3.05, 3.63) is 71.8 Å². The summed E-state index contributed by atoms with van der Waals surface area (Å²) >= 11 is 0. The first-order chi connectivity index (χ1) is 21.0. The van der Waals surface area contributed by atoms with Gasteiger partial charge in [-0.3, -0.25) is 14.4 Å². The smallest absolute Gasteiger partial charge is 0.303 e. The minimum atomic E-state index is -0.461. The summed E-state index contributed by atoms with van der Waals surface area (Å²) in [7, 11) is 0. The third-order valence-electron chi connectivity index (χ3n) is 8.50. The van der Waals surface area contributed by atoms with E-state index in [0.29, 0.717) is 13.0 Å². The number of rotatable bonds is 12. The van der Waals surface area contributed by atoms with Gasteiger partial charge >= 0.3 is 5.97 Å². The summed E-state index contributed by atoms with van der Waals surface area (Å²) in [6.45, 7) is 10.5. The van der Waals surface area contributed by atoms with Crippen molar-refractivity contribution in [3.63, 3.8) is 0 Å². The van der Waals surface area contributed by atoms with Gasteiger partial charge < -0.3 is 29.6 Å². The third-order valence-corrected chi connectivity index (χ3v) is 8.50. The van der Waals surface area contributed by atoms with E-state index in [1.807, 2.05) is 37.3 Å². The zero-order valence-electron chi connectivity index (χ0n) is 26.6. The molecule has 2 N–H and O–H groups in total. The largest absolute Gasteiger partial charge is 0.459 e. The predicted octanol–water partition coefficient (Wildman–Crippen LogP) is 4.71. The molecule has 9 heteroatoms. The van der Waals surface area contributed by atoms with Gasteiger partial charge in [0.05, 0.1) is 49.1 Å². The van der Waals surface area contributed by atoms with Crippen molar-refractivity contribution in [1.29, 1.82) is 0 Å². The summed E-state index contributed by atoms with van der Waals surface area (Å²) in [5.74, 6) is -0.367. The van der Waals surface area contributed by atoms with E-state index in [1.54, 1.807) is 13.0 Å². The van der Waals surface area contributed by atoms with E-state index in [2.05, 4.69) is 42.7 Å². The Kier molecular flexibility index (Phi) is 11.9. The highest BCUT2D eigenvalue weighted by atomic mass is 16.6. The quantitative estimate of drug-likeness (QED) is 0.153. The molecular formula is C35H48N2O7. The van der Waals surface area contributed by atoms with Gasteiger partial charge in [-0.2, -0.15) is 0 Å². The summed E-state index contributed by atoms with van der Waals surface area (Å²) in [4.78, 5) is 36.1. The monoisotopic (exact) mass is 608 g/mol. The molecule has 8 atom stereocenters. The summed E-state index contributed by atoms with van der Waals surface area (Å²) < 4.78 is 23.5. The molecule has 3 aliphatic heterocycles. The molecule has 2 amide bonds. The molecule has 44 heavy (non-hydrogen) atoms. The number of amides is 2. The molecular weight excluding hydrogens is 560 g/mol. The van der Waals surface area contributed by atoms with Crippen LogP contribution in [0.3, 0.4) is 0 Å². The molecule has 0 saturated carbocycles. The number of ether oxygens (including phenoxy) is 4.